The third kappa shape index (κ3) is 4.28. The van der Waals surface area contributed by atoms with Crippen molar-refractivity contribution in [2.24, 2.45) is 5.92 Å². The second kappa shape index (κ2) is 8.40. The van der Waals surface area contributed by atoms with Gasteiger partial charge in [-0.2, -0.15) is 0 Å². The number of nitrogens with zero attached hydrogens (tertiary/aromatic N) is 1. The fourth-order valence-corrected chi connectivity index (χ4v) is 2.86. The molecule has 1 aliphatic rings. The number of benzene rings is 2. The van der Waals surface area contributed by atoms with Crippen molar-refractivity contribution in [2.45, 2.75) is 0 Å². The van der Waals surface area contributed by atoms with Crippen molar-refractivity contribution < 1.29 is 19.1 Å². The van der Waals surface area contributed by atoms with Crippen molar-refractivity contribution in [2.75, 3.05) is 31.7 Å². The quantitative estimate of drug-likeness (QED) is 0.798. The molecule has 6 nitrogen and oxygen atoms in total. The fraction of sp³-hybridized carbons (Fsp3) is 0.238. The Hall–Kier alpha value is -3.28. The van der Waals surface area contributed by atoms with Crippen LogP contribution in [0.5, 0.6) is 11.5 Å². The SMILES string of the molecule is C=CCOc1cccc(C(=O)NCC2COc3ccccc3N(C)C2=O)c1. The Morgan fingerprint density at radius 2 is 2.15 bits per heavy atom. The summed E-state index contributed by atoms with van der Waals surface area (Å²) >= 11 is 0. The van der Waals surface area contributed by atoms with Crippen molar-refractivity contribution in [1.29, 1.82) is 0 Å². The first kappa shape index (κ1) is 18.5. The number of ether oxygens (including phenoxy) is 2. The van der Waals surface area contributed by atoms with E-state index in [2.05, 4.69) is 11.9 Å². The number of carbonyl (C=O) groups excluding carboxylic acids is 2. The molecule has 2 aromatic carbocycles. The van der Waals surface area contributed by atoms with Gasteiger partial charge in [-0.05, 0) is 30.3 Å². The minimum atomic E-state index is -0.466. The van der Waals surface area contributed by atoms with Crippen LogP contribution in [0.4, 0.5) is 5.69 Å². The molecule has 0 spiro atoms. The molecule has 1 aliphatic heterocycles. The number of nitrogens with one attached hydrogen (secondary N) is 1. The molecule has 0 aliphatic carbocycles. The van der Waals surface area contributed by atoms with Crippen molar-refractivity contribution in [3.63, 3.8) is 0 Å². The molecule has 6 heteroatoms. The molecule has 0 aromatic heterocycles. The summed E-state index contributed by atoms with van der Waals surface area (Å²) in [4.78, 5) is 26.7. The van der Waals surface area contributed by atoms with E-state index in [1.54, 1.807) is 42.3 Å². The van der Waals surface area contributed by atoms with Gasteiger partial charge < -0.3 is 19.7 Å². The number of fused-ring (bicyclic) bond motifs is 1. The molecule has 2 aromatic rings. The van der Waals surface area contributed by atoms with Gasteiger partial charge in [-0.25, -0.2) is 0 Å². The summed E-state index contributed by atoms with van der Waals surface area (Å²) in [6, 6.07) is 14.3. The zero-order valence-corrected chi connectivity index (χ0v) is 15.2. The fourth-order valence-electron chi connectivity index (χ4n) is 2.86. The first-order valence-corrected chi connectivity index (χ1v) is 8.71. The maximum absolute atomic E-state index is 12.7. The van der Waals surface area contributed by atoms with Gasteiger partial charge in [-0.15, -0.1) is 0 Å². The molecular weight excluding hydrogens is 344 g/mol. The number of para-hydroxylation sites is 2. The molecule has 0 radical (unpaired) electrons. The third-order valence-corrected chi connectivity index (χ3v) is 4.32. The largest absolute Gasteiger partial charge is 0.490 e. The topological polar surface area (TPSA) is 67.9 Å². The number of rotatable bonds is 6. The molecule has 0 fully saturated rings. The van der Waals surface area contributed by atoms with Crippen LogP contribution in [0.2, 0.25) is 0 Å². The van der Waals surface area contributed by atoms with Crippen molar-refractivity contribution in [1.82, 2.24) is 5.32 Å². The van der Waals surface area contributed by atoms with Crippen LogP contribution in [0.3, 0.4) is 0 Å². The number of hydrogen-bond donors (Lipinski definition) is 1. The highest BCUT2D eigenvalue weighted by molar-refractivity contribution is 5.98. The first-order valence-electron chi connectivity index (χ1n) is 8.71. The summed E-state index contributed by atoms with van der Waals surface area (Å²) < 4.78 is 11.2. The van der Waals surface area contributed by atoms with Crippen LogP contribution in [0.1, 0.15) is 10.4 Å². The lowest BCUT2D eigenvalue weighted by molar-refractivity contribution is -0.122. The van der Waals surface area contributed by atoms with Gasteiger partial charge >= 0.3 is 0 Å². The van der Waals surface area contributed by atoms with E-state index in [1.165, 1.54) is 0 Å². The van der Waals surface area contributed by atoms with E-state index >= 15 is 0 Å². The van der Waals surface area contributed by atoms with E-state index in [4.69, 9.17) is 9.47 Å². The monoisotopic (exact) mass is 366 g/mol. The highest BCUT2D eigenvalue weighted by atomic mass is 16.5. The molecule has 27 heavy (non-hydrogen) atoms. The first-order chi connectivity index (χ1) is 13.1. The number of hydrogen-bond acceptors (Lipinski definition) is 4. The van der Waals surface area contributed by atoms with Crippen LogP contribution in [0, 0.1) is 5.92 Å². The summed E-state index contributed by atoms with van der Waals surface area (Å²) in [5.41, 5.74) is 1.19. The van der Waals surface area contributed by atoms with Crippen molar-refractivity contribution in [3.05, 3.63) is 66.7 Å². The van der Waals surface area contributed by atoms with Gasteiger partial charge in [0.2, 0.25) is 5.91 Å². The lowest BCUT2D eigenvalue weighted by Gasteiger charge is -2.19. The lowest BCUT2D eigenvalue weighted by Crippen LogP contribution is -2.41. The maximum Gasteiger partial charge on any atom is 0.251 e. The Morgan fingerprint density at radius 1 is 1.33 bits per heavy atom. The van der Waals surface area contributed by atoms with Crippen LogP contribution in [-0.2, 0) is 4.79 Å². The van der Waals surface area contributed by atoms with E-state index in [9.17, 15) is 9.59 Å². The highest BCUT2D eigenvalue weighted by Gasteiger charge is 2.29. The standard InChI is InChI=1S/C21H22N2O4/c1-3-11-26-17-8-6-7-15(12-17)20(24)22-13-16-14-27-19-10-5-4-9-18(19)23(2)21(16)25/h3-10,12,16H,1,11,13-14H2,2H3,(H,22,24). The van der Waals surface area contributed by atoms with Gasteiger partial charge in [0.15, 0.2) is 0 Å². The average molecular weight is 366 g/mol. The van der Waals surface area contributed by atoms with E-state index in [1.807, 2.05) is 24.3 Å². The van der Waals surface area contributed by atoms with Gasteiger partial charge in [-0.3, -0.25) is 9.59 Å². The average Bonchev–Trinajstić information content (AvgIpc) is 2.82. The lowest BCUT2D eigenvalue weighted by atomic mass is 10.1. The molecule has 0 saturated heterocycles. The smallest absolute Gasteiger partial charge is 0.251 e. The third-order valence-electron chi connectivity index (χ3n) is 4.32. The van der Waals surface area contributed by atoms with Crippen molar-refractivity contribution in [3.8, 4) is 11.5 Å². The molecule has 0 bridgehead atoms. The molecule has 1 heterocycles. The molecular formula is C21H22N2O4. The maximum atomic E-state index is 12.7. The zero-order valence-electron chi connectivity index (χ0n) is 15.2. The molecule has 2 amide bonds. The number of carbonyl (C=O) groups is 2. The van der Waals surface area contributed by atoms with E-state index < -0.39 is 5.92 Å². The predicted octanol–water partition coefficient (Wildman–Crippen LogP) is 2.65. The van der Waals surface area contributed by atoms with Gasteiger partial charge in [0.05, 0.1) is 11.6 Å². The summed E-state index contributed by atoms with van der Waals surface area (Å²) in [7, 11) is 1.71. The van der Waals surface area contributed by atoms with Crippen LogP contribution in [0.25, 0.3) is 0 Å². The van der Waals surface area contributed by atoms with Crippen LogP contribution in [-0.4, -0.2) is 38.6 Å². The Bertz CT molecular complexity index is 850. The molecule has 1 atom stereocenters. The molecule has 1 N–H and O–H groups in total. The van der Waals surface area contributed by atoms with E-state index in [0.717, 1.165) is 5.69 Å². The minimum Gasteiger partial charge on any atom is -0.490 e. The summed E-state index contributed by atoms with van der Waals surface area (Å²) in [5, 5.41) is 2.82. The molecule has 140 valence electrons. The molecule has 0 saturated carbocycles. The summed E-state index contributed by atoms with van der Waals surface area (Å²) in [6.07, 6.45) is 1.64. The Labute approximate surface area is 158 Å². The predicted molar refractivity (Wildman–Crippen MR) is 103 cm³/mol. The Kier molecular flexibility index (Phi) is 5.76. The summed E-state index contributed by atoms with van der Waals surface area (Å²) in [5.74, 6) is 0.423. The second-order valence-electron chi connectivity index (χ2n) is 6.21. The van der Waals surface area contributed by atoms with Gasteiger partial charge in [-0.1, -0.05) is 30.9 Å². The van der Waals surface area contributed by atoms with E-state index in [0.29, 0.717) is 23.7 Å². The van der Waals surface area contributed by atoms with Crippen LogP contribution in [0.15, 0.2) is 61.2 Å². The van der Waals surface area contributed by atoms with E-state index in [-0.39, 0.29) is 25.0 Å². The van der Waals surface area contributed by atoms with Gasteiger partial charge in [0.25, 0.3) is 5.91 Å². The number of amides is 2. The Balaban J connectivity index is 1.64. The van der Waals surface area contributed by atoms with Gasteiger partial charge in [0.1, 0.15) is 24.7 Å². The normalized spacial score (nSPS) is 16.0. The molecule has 3 rings (SSSR count). The number of anilines is 1. The zero-order chi connectivity index (χ0) is 19.2. The molecule has 1 unspecified atom stereocenters. The second-order valence-corrected chi connectivity index (χ2v) is 6.21. The summed E-state index contributed by atoms with van der Waals surface area (Å²) in [6.45, 7) is 4.36. The highest BCUT2D eigenvalue weighted by Crippen LogP contribution is 2.31. The van der Waals surface area contributed by atoms with Crippen molar-refractivity contribution >= 4 is 17.5 Å². The van der Waals surface area contributed by atoms with Crippen LogP contribution < -0.4 is 19.7 Å². The van der Waals surface area contributed by atoms with Crippen LogP contribution >= 0.6 is 0 Å². The Morgan fingerprint density at radius 3 is 2.96 bits per heavy atom. The minimum absolute atomic E-state index is 0.0942. The van der Waals surface area contributed by atoms with Gasteiger partial charge in [0, 0.05) is 19.2 Å².